The number of methoxy groups -OCH3 is 1. The minimum atomic E-state index is -0.138. The van der Waals surface area contributed by atoms with Gasteiger partial charge in [0.25, 0.3) is 5.91 Å². The Kier molecular flexibility index (Phi) is 7.88. The first-order chi connectivity index (χ1) is 16.5. The van der Waals surface area contributed by atoms with E-state index in [0.717, 1.165) is 26.9 Å². The molecule has 1 aliphatic heterocycles. The summed E-state index contributed by atoms with van der Waals surface area (Å²) in [6.07, 6.45) is 4.26. The highest BCUT2D eigenvalue weighted by Gasteiger charge is 2.33. The molecule has 1 fully saturated rings. The van der Waals surface area contributed by atoms with Crippen molar-refractivity contribution in [1.82, 2.24) is 0 Å². The normalized spacial score (nSPS) is 14.5. The molecule has 0 saturated carbocycles. The largest absolute Gasteiger partial charge is 0.493 e. The first kappa shape index (κ1) is 24.3. The van der Waals surface area contributed by atoms with Gasteiger partial charge in [-0.05, 0) is 60.0 Å². The molecule has 1 heterocycles. The van der Waals surface area contributed by atoms with Gasteiger partial charge >= 0.3 is 0 Å². The standard InChI is InChI=1S/C27H22BrNO3S2/c1-3-7-20-14-19(15-23(31-2)25(20)32-17-18-10-12-21(28)13-11-18)16-24-26(30)29(27(33)34-24)22-8-5-4-6-9-22/h3-6,8-16H,1,7,17H2,2H3/b24-16+. The first-order valence-electron chi connectivity index (χ1n) is 10.5. The molecule has 0 atom stereocenters. The van der Waals surface area contributed by atoms with Crippen molar-refractivity contribution in [3.63, 3.8) is 0 Å². The third kappa shape index (κ3) is 5.43. The van der Waals surface area contributed by atoms with E-state index in [2.05, 4.69) is 22.5 Å². The molecule has 0 spiro atoms. The molecule has 3 aromatic rings. The van der Waals surface area contributed by atoms with E-state index in [4.69, 9.17) is 21.7 Å². The number of thiocarbonyl (C=S) groups is 1. The molecule has 0 radical (unpaired) electrons. The maximum Gasteiger partial charge on any atom is 0.270 e. The summed E-state index contributed by atoms with van der Waals surface area (Å²) >= 11 is 10.2. The van der Waals surface area contributed by atoms with E-state index in [1.54, 1.807) is 12.0 Å². The minimum absolute atomic E-state index is 0.138. The lowest BCUT2D eigenvalue weighted by molar-refractivity contribution is -0.113. The Bertz CT molecular complexity index is 1260. The van der Waals surface area contributed by atoms with Gasteiger partial charge in [0, 0.05) is 10.0 Å². The molecule has 1 amide bonds. The Balaban J connectivity index is 1.63. The highest BCUT2D eigenvalue weighted by molar-refractivity contribution is 9.10. The fourth-order valence-corrected chi connectivity index (χ4v) is 5.11. The second-order valence-electron chi connectivity index (χ2n) is 7.47. The van der Waals surface area contributed by atoms with Crippen molar-refractivity contribution in [2.24, 2.45) is 0 Å². The van der Waals surface area contributed by atoms with Crippen molar-refractivity contribution in [3.05, 3.63) is 105 Å². The van der Waals surface area contributed by atoms with Crippen molar-refractivity contribution in [1.29, 1.82) is 0 Å². The van der Waals surface area contributed by atoms with E-state index in [9.17, 15) is 4.79 Å². The van der Waals surface area contributed by atoms with Crippen LogP contribution in [0.5, 0.6) is 11.5 Å². The molecular weight excluding hydrogens is 530 g/mol. The smallest absolute Gasteiger partial charge is 0.270 e. The van der Waals surface area contributed by atoms with Crippen LogP contribution in [0.3, 0.4) is 0 Å². The van der Waals surface area contributed by atoms with Crippen molar-refractivity contribution >= 4 is 61.9 Å². The van der Waals surface area contributed by atoms with Crippen molar-refractivity contribution in [2.45, 2.75) is 13.0 Å². The van der Waals surface area contributed by atoms with Crippen LogP contribution < -0.4 is 14.4 Å². The number of hydrogen-bond acceptors (Lipinski definition) is 5. The van der Waals surface area contributed by atoms with Crippen LogP contribution in [0.2, 0.25) is 0 Å². The van der Waals surface area contributed by atoms with Gasteiger partial charge in [-0.25, -0.2) is 0 Å². The third-order valence-corrected chi connectivity index (χ3v) is 6.97. The number of halogens is 1. The van der Waals surface area contributed by atoms with E-state index in [0.29, 0.717) is 33.8 Å². The number of para-hydroxylation sites is 1. The summed E-state index contributed by atoms with van der Waals surface area (Å²) in [5, 5.41) is 0. The number of hydrogen-bond donors (Lipinski definition) is 0. The van der Waals surface area contributed by atoms with Crippen molar-refractivity contribution in [2.75, 3.05) is 12.0 Å². The first-order valence-corrected chi connectivity index (χ1v) is 12.5. The molecule has 1 saturated heterocycles. The second-order valence-corrected chi connectivity index (χ2v) is 10.1. The van der Waals surface area contributed by atoms with Crippen LogP contribution >= 0.6 is 39.9 Å². The number of benzene rings is 3. The Morgan fingerprint density at radius 1 is 1.12 bits per heavy atom. The predicted molar refractivity (Wildman–Crippen MR) is 147 cm³/mol. The van der Waals surface area contributed by atoms with Gasteiger partial charge < -0.3 is 9.47 Å². The average molecular weight is 553 g/mol. The lowest BCUT2D eigenvalue weighted by Gasteiger charge is -2.16. The predicted octanol–water partition coefficient (Wildman–Crippen LogP) is 7.17. The van der Waals surface area contributed by atoms with Crippen molar-refractivity contribution in [3.8, 4) is 11.5 Å². The van der Waals surface area contributed by atoms with E-state index in [1.807, 2.05) is 78.9 Å². The second kappa shape index (κ2) is 11.0. The molecular formula is C27H22BrNO3S2. The molecule has 7 heteroatoms. The molecule has 4 nitrogen and oxygen atoms in total. The quantitative estimate of drug-likeness (QED) is 0.168. The van der Waals surface area contributed by atoms with Gasteiger partial charge in [0.05, 0.1) is 17.7 Å². The number of ether oxygens (including phenoxy) is 2. The Morgan fingerprint density at radius 3 is 2.53 bits per heavy atom. The van der Waals surface area contributed by atoms with Gasteiger partial charge in [0.1, 0.15) is 6.61 Å². The monoisotopic (exact) mass is 551 g/mol. The number of amides is 1. The minimum Gasteiger partial charge on any atom is -0.493 e. The molecule has 0 N–H and O–H groups in total. The third-order valence-electron chi connectivity index (χ3n) is 5.14. The lowest BCUT2D eigenvalue weighted by Crippen LogP contribution is -2.27. The molecule has 0 bridgehead atoms. The van der Waals surface area contributed by atoms with Gasteiger partial charge in [0.2, 0.25) is 0 Å². The van der Waals surface area contributed by atoms with Gasteiger partial charge in [-0.1, -0.05) is 76.3 Å². The summed E-state index contributed by atoms with van der Waals surface area (Å²) in [5.41, 5.74) is 3.56. The number of allylic oxidation sites excluding steroid dienone is 1. The van der Waals surface area contributed by atoms with E-state index < -0.39 is 0 Å². The summed E-state index contributed by atoms with van der Waals surface area (Å²) in [5.74, 6) is 1.13. The van der Waals surface area contributed by atoms with Crippen LogP contribution in [0, 0.1) is 0 Å². The van der Waals surface area contributed by atoms with Gasteiger partial charge in [0.15, 0.2) is 15.8 Å². The van der Waals surface area contributed by atoms with Gasteiger partial charge in [-0.2, -0.15) is 0 Å². The number of rotatable bonds is 8. The zero-order valence-electron chi connectivity index (χ0n) is 18.5. The summed E-state index contributed by atoms with van der Waals surface area (Å²) in [7, 11) is 1.61. The van der Waals surface area contributed by atoms with E-state index in [1.165, 1.54) is 11.8 Å². The Labute approximate surface area is 217 Å². The fourth-order valence-electron chi connectivity index (χ4n) is 3.54. The lowest BCUT2D eigenvalue weighted by atomic mass is 10.0. The Hall–Kier alpha value is -2.87. The highest BCUT2D eigenvalue weighted by atomic mass is 79.9. The van der Waals surface area contributed by atoms with E-state index in [-0.39, 0.29) is 5.91 Å². The summed E-state index contributed by atoms with van der Waals surface area (Å²) in [6, 6.07) is 21.3. The number of thioether (sulfide) groups is 1. The molecule has 1 aliphatic rings. The fraction of sp³-hybridized carbons (Fsp3) is 0.111. The molecule has 172 valence electrons. The van der Waals surface area contributed by atoms with Gasteiger partial charge in [-0.15, -0.1) is 6.58 Å². The highest BCUT2D eigenvalue weighted by Crippen LogP contribution is 2.39. The molecule has 34 heavy (non-hydrogen) atoms. The summed E-state index contributed by atoms with van der Waals surface area (Å²) in [4.78, 5) is 15.2. The van der Waals surface area contributed by atoms with Gasteiger partial charge in [-0.3, -0.25) is 9.69 Å². The molecule has 4 rings (SSSR count). The van der Waals surface area contributed by atoms with Crippen LogP contribution in [0.15, 0.2) is 88.8 Å². The molecule has 0 aromatic heterocycles. The topological polar surface area (TPSA) is 38.8 Å². The number of carbonyl (C=O) groups excluding carboxylic acids is 1. The maximum atomic E-state index is 13.1. The average Bonchev–Trinajstić information content (AvgIpc) is 3.12. The van der Waals surface area contributed by atoms with Crippen molar-refractivity contribution < 1.29 is 14.3 Å². The zero-order valence-corrected chi connectivity index (χ0v) is 21.7. The van der Waals surface area contributed by atoms with Crippen LogP contribution in [0.1, 0.15) is 16.7 Å². The number of anilines is 1. The molecule has 3 aromatic carbocycles. The summed E-state index contributed by atoms with van der Waals surface area (Å²) < 4.78 is 13.4. The zero-order chi connectivity index (χ0) is 24.1. The SMILES string of the molecule is C=CCc1cc(/C=C2/SC(=S)N(c3ccccc3)C2=O)cc(OC)c1OCc1ccc(Br)cc1. The molecule has 0 aliphatic carbocycles. The maximum absolute atomic E-state index is 13.1. The molecule has 0 unspecified atom stereocenters. The van der Waals surface area contributed by atoms with Crippen LogP contribution in [-0.2, 0) is 17.8 Å². The number of carbonyl (C=O) groups is 1. The van der Waals surface area contributed by atoms with Crippen LogP contribution in [0.4, 0.5) is 5.69 Å². The Morgan fingerprint density at radius 2 is 1.85 bits per heavy atom. The number of nitrogens with zero attached hydrogens (tertiary/aromatic N) is 1. The van der Waals surface area contributed by atoms with E-state index >= 15 is 0 Å². The summed E-state index contributed by atoms with van der Waals surface area (Å²) in [6.45, 7) is 4.29. The van der Waals surface area contributed by atoms with Crippen LogP contribution in [0.25, 0.3) is 6.08 Å². The van der Waals surface area contributed by atoms with Crippen LogP contribution in [-0.4, -0.2) is 17.3 Å².